The minimum atomic E-state index is -0.868. The molecular formula is C19H23N5O3S. The minimum absolute atomic E-state index is 0.0286. The zero-order valence-electron chi connectivity index (χ0n) is 15.6. The predicted molar refractivity (Wildman–Crippen MR) is 106 cm³/mol. The topological polar surface area (TPSA) is 117 Å². The van der Waals surface area contributed by atoms with E-state index in [-0.39, 0.29) is 11.9 Å². The highest BCUT2D eigenvalue weighted by Crippen LogP contribution is 2.25. The highest BCUT2D eigenvalue weighted by Gasteiger charge is 2.32. The maximum absolute atomic E-state index is 12.6. The summed E-state index contributed by atoms with van der Waals surface area (Å²) in [5, 5.41) is 5.24. The van der Waals surface area contributed by atoms with Crippen LogP contribution in [0.3, 0.4) is 0 Å². The van der Waals surface area contributed by atoms with Gasteiger partial charge in [0.1, 0.15) is 10.9 Å². The highest BCUT2D eigenvalue weighted by atomic mass is 32.1. The first-order valence-electron chi connectivity index (χ1n) is 9.06. The number of carbonyl (C=O) groups is 3. The molecule has 1 aliphatic rings. The van der Waals surface area contributed by atoms with Gasteiger partial charge < -0.3 is 11.1 Å². The summed E-state index contributed by atoms with van der Waals surface area (Å²) in [7, 11) is 0. The van der Waals surface area contributed by atoms with Crippen molar-refractivity contribution in [2.75, 3.05) is 13.1 Å². The number of nitrogens with one attached hydrogen (secondary N) is 2. The Hall–Kier alpha value is -2.78. The second-order valence-electron chi connectivity index (χ2n) is 6.72. The van der Waals surface area contributed by atoms with Crippen LogP contribution in [0.1, 0.15) is 39.8 Å². The van der Waals surface area contributed by atoms with Crippen LogP contribution >= 0.6 is 11.3 Å². The number of nitrogens with two attached hydrogens (primary N) is 1. The molecule has 1 aromatic carbocycles. The number of aryl methyl sites for hydroxylation is 1. The van der Waals surface area contributed by atoms with Crippen molar-refractivity contribution in [3.05, 3.63) is 52.0 Å². The predicted octanol–water partition coefficient (Wildman–Crippen LogP) is 1.58. The molecule has 0 radical (unpaired) electrons. The van der Waals surface area contributed by atoms with Crippen molar-refractivity contribution in [2.24, 2.45) is 5.73 Å². The Bertz CT molecular complexity index is 846. The summed E-state index contributed by atoms with van der Waals surface area (Å²) in [5.74, 6) is -0.550. The molecular weight excluding hydrogens is 378 g/mol. The molecule has 9 heteroatoms. The van der Waals surface area contributed by atoms with Crippen molar-refractivity contribution in [3.8, 4) is 0 Å². The van der Waals surface area contributed by atoms with Gasteiger partial charge in [-0.05, 0) is 25.3 Å². The van der Waals surface area contributed by atoms with Crippen LogP contribution in [0.4, 0.5) is 4.79 Å². The molecule has 0 saturated carbocycles. The largest absolute Gasteiger partial charge is 0.351 e. The normalized spacial score (nSPS) is 16.3. The molecule has 2 heterocycles. The number of hydrogen-bond acceptors (Lipinski definition) is 6. The van der Waals surface area contributed by atoms with Gasteiger partial charge in [0, 0.05) is 19.1 Å². The molecule has 1 aromatic heterocycles. The summed E-state index contributed by atoms with van der Waals surface area (Å²) in [4.78, 5) is 42.9. The molecule has 1 atom stereocenters. The van der Waals surface area contributed by atoms with Crippen LogP contribution in [-0.2, 0) is 4.79 Å². The van der Waals surface area contributed by atoms with Crippen LogP contribution < -0.4 is 16.4 Å². The summed E-state index contributed by atoms with van der Waals surface area (Å²) < 4.78 is 0. The molecule has 0 spiro atoms. The summed E-state index contributed by atoms with van der Waals surface area (Å²) in [6, 6.07) is 7.84. The molecule has 3 rings (SSSR count). The Balaban J connectivity index is 1.65. The van der Waals surface area contributed by atoms with E-state index in [1.807, 2.05) is 42.2 Å². The fraction of sp³-hybridized carbons (Fsp3) is 0.368. The number of benzene rings is 1. The van der Waals surface area contributed by atoms with E-state index in [0.717, 1.165) is 11.3 Å². The first-order valence-corrected chi connectivity index (χ1v) is 9.94. The number of urea groups is 1. The zero-order chi connectivity index (χ0) is 20.1. The van der Waals surface area contributed by atoms with Gasteiger partial charge >= 0.3 is 6.03 Å². The lowest BCUT2D eigenvalue weighted by atomic mass is 9.98. The smallest absolute Gasteiger partial charge is 0.318 e. The lowest BCUT2D eigenvalue weighted by Gasteiger charge is -2.37. The van der Waals surface area contributed by atoms with Crippen LogP contribution in [0.2, 0.25) is 0 Å². The number of rotatable bonds is 5. The number of primary amides is 1. The quantitative estimate of drug-likeness (QED) is 0.703. The van der Waals surface area contributed by atoms with Crippen LogP contribution in [0, 0.1) is 6.92 Å². The van der Waals surface area contributed by atoms with Crippen molar-refractivity contribution < 1.29 is 14.4 Å². The Morgan fingerprint density at radius 2 is 1.89 bits per heavy atom. The average molecular weight is 401 g/mol. The van der Waals surface area contributed by atoms with Gasteiger partial charge in [-0.1, -0.05) is 30.3 Å². The molecule has 1 aliphatic heterocycles. The maximum Gasteiger partial charge on any atom is 0.318 e. The van der Waals surface area contributed by atoms with Crippen molar-refractivity contribution in [1.29, 1.82) is 0 Å². The van der Waals surface area contributed by atoms with E-state index in [1.165, 1.54) is 11.3 Å². The van der Waals surface area contributed by atoms with Crippen molar-refractivity contribution >= 4 is 29.2 Å². The Labute approximate surface area is 167 Å². The SMILES string of the molecule is Cc1ncsc1C(=O)NC1CCN(C(C(=O)NC(N)=O)c2ccccc2)CC1. The first-order chi connectivity index (χ1) is 13.5. The van der Waals surface area contributed by atoms with E-state index >= 15 is 0 Å². The van der Waals surface area contributed by atoms with Crippen LogP contribution in [0.5, 0.6) is 0 Å². The van der Waals surface area contributed by atoms with Gasteiger partial charge in [-0.25, -0.2) is 9.78 Å². The number of amides is 4. The third-order valence-corrected chi connectivity index (χ3v) is 5.72. The number of hydrogen-bond donors (Lipinski definition) is 3. The summed E-state index contributed by atoms with van der Waals surface area (Å²) in [6.45, 7) is 3.03. The lowest BCUT2D eigenvalue weighted by Crippen LogP contribution is -2.50. The Kier molecular flexibility index (Phi) is 6.37. The van der Waals surface area contributed by atoms with Crippen molar-refractivity contribution in [3.63, 3.8) is 0 Å². The Morgan fingerprint density at radius 3 is 2.46 bits per heavy atom. The zero-order valence-corrected chi connectivity index (χ0v) is 16.4. The number of likely N-dealkylation sites (tertiary alicyclic amines) is 1. The molecule has 8 nitrogen and oxygen atoms in total. The number of carbonyl (C=O) groups excluding carboxylic acids is 3. The van der Waals surface area contributed by atoms with Gasteiger partial charge in [0.05, 0.1) is 11.2 Å². The highest BCUT2D eigenvalue weighted by molar-refractivity contribution is 7.11. The molecule has 2 aromatic rings. The summed E-state index contributed by atoms with van der Waals surface area (Å²) in [5.41, 5.74) is 8.32. The van der Waals surface area contributed by atoms with Crippen LogP contribution in [-0.4, -0.2) is 46.9 Å². The van der Waals surface area contributed by atoms with Crippen molar-refractivity contribution in [1.82, 2.24) is 20.5 Å². The average Bonchev–Trinajstić information content (AvgIpc) is 3.10. The van der Waals surface area contributed by atoms with Gasteiger partial charge in [-0.2, -0.15) is 0 Å². The number of imide groups is 1. The van der Waals surface area contributed by atoms with Gasteiger partial charge in [0.15, 0.2) is 0 Å². The van der Waals surface area contributed by atoms with E-state index in [4.69, 9.17) is 5.73 Å². The van der Waals surface area contributed by atoms with E-state index in [2.05, 4.69) is 15.6 Å². The van der Waals surface area contributed by atoms with E-state index < -0.39 is 18.0 Å². The maximum atomic E-state index is 12.6. The van der Waals surface area contributed by atoms with Gasteiger partial charge in [-0.3, -0.25) is 19.8 Å². The lowest BCUT2D eigenvalue weighted by molar-refractivity contribution is -0.126. The second kappa shape index (κ2) is 8.94. The number of thiazole rings is 1. The molecule has 4 N–H and O–H groups in total. The molecule has 4 amide bonds. The van der Waals surface area contributed by atoms with Crippen molar-refractivity contribution in [2.45, 2.75) is 31.8 Å². The standard InChI is InChI=1S/C19H23N5O3S/c1-12-16(28-11-21-12)18(26)22-14-7-9-24(10-8-14)15(17(25)23-19(20)27)13-5-3-2-4-6-13/h2-6,11,14-15H,7-10H2,1H3,(H,22,26)(H3,20,23,25,27). The van der Waals surface area contributed by atoms with E-state index in [1.54, 1.807) is 5.51 Å². The van der Waals surface area contributed by atoms with E-state index in [9.17, 15) is 14.4 Å². The molecule has 0 aliphatic carbocycles. The fourth-order valence-electron chi connectivity index (χ4n) is 3.43. The molecule has 148 valence electrons. The second-order valence-corrected chi connectivity index (χ2v) is 7.57. The minimum Gasteiger partial charge on any atom is -0.351 e. The molecule has 28 heavy (non-hydrogen) atoms. The molecule has 0 bridgehead atoms. The van der Waals surface area contributed by atoms with E-state index in [0.29, 0.717) is 30.8 Å². The number of nitrogens with zero attached hydrogens (tertiary/aromatic N) is 2. The monoisotopic (exact) mass is 401 g/mol. The summed E-state index contributed by atoms with van der Waals surface area (Å²) in [6.07, 6.45) is 1.41. The third-order valence-electron chi connectivity index (χ3n) is 4.79. The molecule has 1 saturated heterocycles. The number of piperidine rings is 1. The molecule has 1 fully saturated rings. The first kappa shape index (κ1) is 20.0. The van der Waals surface area contributed by atoms with Gasteiger partial charge in [0.25, 0.3) is 5.91 Å². The van der Waals surface area contributed by atoms with Gasteiger partial charge in [0.2, 0.25) is 5.91 Å². The Morgan fingerprint density at radius 1 is 1.21 bits per heavy atom. The number of aromatic nitrogens is 1. The fourth-order valence-corrected chi connectivity index (χ4v) is 4.13. The third kappa shape index (κ3) is 4.73. The van der Waals surface area contributed by atoms with Gasteiger partial charge in [-0.15, -0.1) is 11.3 Å². The summed E-state index contributed by atoms with van der Waals surface area (Å²) >= 11 is 1.33. The van der Waals surface area contributed by atoms with Crippen LogP contribution in [0.15, 0.2) is 35.8 Å². The molecule has 1 unspecified atom stereocenters. The van der Waals surface area contributed by atoms with Crippen LogP contribution in [0.25, 0.3) is 0 Å².